The van der Waals surface area contributed by atoms with Crippen LogP contribution < -0.4 is 5.73 Å². The molecule has 0 saturated carbocycles. The van der Waals surface area contributed by atoms with Gasteiger partial charge in [-0.15, -0.1) is 0 Å². The zero-order chi connectivity index (χ0) is 9.47. The van der Waals surface area contributed by atoms with Crippen LogP contribution in [0.3, 0.4) is 0 Å². The highest BCUT2D eigenvalue weighted by atomic mass is 16.4. The van der Waals surface area contributed by atoms with Crippen molar-refractivity contribution >= 4 is 11.5 Å². The Morgan fingerprint density at radius 1 is 1.31 bits per heavy atom. The molecule has 1 aromatic carbocycles. The molecule has 3 N–H and O–H groups in total. The maximum absolute atomic E-state index is 10.7. The molecule has 1 aliphatic rings. The maximum Gasteiger partial charge on any atom is 0.332 e. The number of aliphatic carboxylic acids is 1. The van der Waals surface area contributed by atoms with Gasteiger partial charge in [-0.2, -0.15) is 0 Å². The number of nitrogens with two attached hydrogens (primary N) is 1. The molecule has 0 spiro atoms. The number of carboxylic acid groups (broad SMARTS) is 1. The van der Waals surface area contributed by atoms with Gasteiger partial charge in [-0.05, 0) is 17.2 Å². The molecular weight excluding hydrogens is 166 g/mol. The van der Waals surface area contributed by atoms with Crippen molar-refractivity contribution in [2.75, 3.05) is 0 Å². The van der Waals surface area contributed by atoms with Crippen molar-refractivity contribution in [3.8, 4) is 0 Å². The van der Waals surface area contributed by atoms with E-state index in [0.717, 1.165) is 5.56 Å². The average Bonchev–Trinajstić information content (AvgIpc) is 2.81. The van der Waals surface area contributed by atoms with E-state index in [4.69, 9.17) is 10.8 Å². The molecule has 3 nitrogen and oxygen atoms in total. The Hall–Kier alpha value is -1.61. The molecule has 0 aromatic heterocycles. The third-order valence-corrected chi connectivity index (χ3v) is 2.17. The van der Waals surface area contributed by atoms with E-state index in [1.165, 1.54) is 0 Å². The molecule has 3 heteroatoms. The van der Waals surface area contributed by atoms with Gasteiger partial charge in [-0.1, -0.05) is 30.3 Å². The topological polar surface area (TPSA) is 63.3 Å². The normalized spacial score (nSPS) is 25.2. The maximum atomic E-state index is 10.7. The zero-order valence-corrected chi connectivity index (χ0v) is 6.90. The predicted octanol–water partition coefficient (Wildman–Crippen LogP) is 0.866. The molecule has 0 bridgehead atoms. The summed E-state index contributed by atoms with van der Waals surface area (Å²) in [5.41, 5.74) is 5.93. The zero-order valence-electron chi connectivity index (χ0n) is 6.90. The monoisotopic (exact) mass is 175 g/mol. The van der Waals surface area contributed by atoms with Gasteiger partial charge < -0.3 is 10.8 Å². The van der Waals surface area contributed by atoms with E-state index >= 15 is 0 Å². The van der Waals surface area contributed by atoms with Gasteiger partial charge in [0.15, 0.2) is 5.54 Å². The Kier molecular flexibility index (Phi) is 1.50. The summed E-state index contributed by atoms with van der Waals surface area (Å²) in [7, 11) is 0. The number of carbonyl (C=O) groups is 1. The van der Waals surface area contributed by atoms with Gasteiger partial charge in [0, 0.05) is 0 Å². The Labute approximate surface area is 75.5 Å². The van der Waals surface area contributed by atoms with Crippen LogP contribution in [0.25, 0.3) is 5.57 Å². The minimum Gasteiger partial charge on any atom is -0.479 e. The first kappa shape index (κ1) is 8.01. The first-order chi connectivity index (χ1) is 6.14. The van der Waals surface area contributed by atoms with Crippen molar-refractivity contribution < 1.29 is 9.90 Å². The van der Waals surface area contributed by atoms with Gasteiger partial charge in [0.25, 0.3) is 0 Å². The van der Waals surface area contributed by atoms with Gasteiger partial charge in [0.1, 0.15) is 0 Å². The van der Waals surface area contributed by atoms with Crippen molar-refractivity contribution in [2.24, 2.45) is 5.73 Å². The van der Waals surface area contributed by atoms with Crippen LogP contribution in [0.1, 0.15) is 5.56 Å². The highest BCUT2D eigenvalue weighted by Crippen LogP contribution is 2.40. The van der Waals surface area contributed by atoms with Crippen molar-refractivity contribution in [1.29, 1.82) is 0 Å². The predicted molar refractivity (Wildman–Crippen MR) is 49.0 cm³/mol. The number of hydrogen-bond acceptors (Lipinski definition) is 2. The van der Waals surface area contributed by atoms with E-state index in [1.807, 2.05) is 30.3 Å². The van der Waals surface area contributed by atoms with Crippen LogP contribution in [0.15, 0.2) is 36.4 Å². The molecule has 1 aromatic rings. The largest absolute Gasteiger partial charge is 0.479 e. The van der Waals surface area contributed by atoms with Crippen LogP contribution in [0.2, 0.25) is 0 Å². The molecule has 0 unspecified atom stereocenters. The summed E-state index contributed by atoms with van der Waals surface area (Å²) in [5.74, 6) is -0.994. The fourth-order valence-electron chi connectivity index (χ4n) is 1.31. The minimum atomic E-state index is -1.22. The standard InChI is InChI=1S/C10H9NO2/c11-10(9(12)13)6-8(10)7-4-2-1-3-5-7/h1-6H,11H2,(H,12,13)/t10-/m1/s1. The van der Waals surface area contributed by atoms with Crippen molar-refractivity contribution in [1.82, 2.24) is 0 Å². The van der Waals surface area contributed by atoms with Gasteiger partial charge in [-0.3, -0.25) is 0 Å². The summed E-state index contributed by atoms with van der Waals surface area (Å²) in [6, 6.07) is 9.30. The quantitative estimate of drug-likeness (QED) is 0.700. The van der Waals surface area contributed by atoms with Crippen LogP contribution in [0.5, 0.6) is 0 Å². The van der Waals surface area contributed by atoms with Crippen LogP contribution in [0.4, 0.5) is 0 Å². The van der Waals surface area contributed by atoms with E-state index in [9.17, 15) is 4.79 Å². The average molecular weight is 175 g/mol. The second-order valence-electron chi connectivity index (χ2n) is 3.10. The SMILES string of the molecule is N[C@]1(C(=O)O)C=C1c1ccccc1. The van der Waals surface area contributed by atoms with E-state index in [-0.39, 0.29) is 0 Å². The highest BCUT2D eigenvalue weighted by molar-refractivity contribution is 6.09. The molecule has 0 radical (unpaired) electrons. The minimum absolute atomic E-state index is 0.695. The lowest BCUT2D eigenvalue weighted by molar-refractivity contribution is -0.138. The molecule has 0 aliphatic heterocycles. The number of benzene rings is 1. The molecule has 0 saturated heterocycles. The smallest absolute Gasteiger partial charge is 0.332 e. The highest BCUT2D eigenvalue weighted by Gasteiger charge is 2.48. The van der Waals surface area contributed by atoms with Gasteiger partial charge in [-0.25, -0.2) is 4.79 Å². The summed E-state index contributed by atoms with van der Waals surface area (Å²) in [5, 5.41) is 8.77. The third-order valence-electron chi connectivity index (χ3n) is 2.17. The molecule has 1 aliphatic carbocycles. The summed E-state index contributed by atoms with van der Waals surface area (Å²) in [6.07, 6.45) is 1.56. The molecule has 0 heterocycles. The van der Waals surface area contributed by atoms with E-state index in [2.05, 4.69) is 0 Å². The van der Waals surface area contributed by atoms with Crippen LogP contribution >= 0.6 is 0 Å². The first-order valence-corrected chi connectivity index (χ1v) is 3.95. The van der Waals surface area contributed by atoms with Crippen molar-refractivity contribution in [3.63, 3.8) is 0 Å². The van der Waals surface area contributed by atoms with Crippen LogP contribution in [-0.4, -0.2) is 16.6 Å². The van der Waals surface area contributed by atoms with Crippen LogP contribution in [0, 0.1) is 0 Å². The van der Waals surface area contributed by atoms with E-state index < -0.39 is 11.5 Å². The van der Waals surface area contributed by atoms with Crippen LogP contribution in [-0.2, 0) is 4.79 Å². The number of carboxylic acids is 1. The lowest BCUT2D eigenvalue weighted by Gasteiger charge is -2.05. The molecular formula is C10H9NO2. The molecule has 13 heavy (non-hydrogen) atoms. The third kappa shape index (κ3) is 1.13. The molecule has 1 atom stereocenters. The Morgan fingerprint density at radius 2 is 1.92 bits per heavy atom. The Morgan fingerprint density at radius 3 is 2.38 bits per heavy atom. The second kappa shape index (κ2) is 2.44. The molecule has 66 valence electrons. The lowest BCUT2D eigenvalue weighted by atomic mass is 10.1. The number of hydrogen-bond donors (Lipinski definition) is 2. The summed E-state index contributed by atoms with van der Waals surface area (Å²) < 4.78 is 0. The summed E-state index contributed by atoms with van der Waals surface area (Å²) >= 11 is 0. The van der Waals surface area contributed by atoms with Gasteiger partial charge >= 0.3 is 5.97 Å². The Balaban J connectivity index is 2.26. The lowest BCUT2D eigenvalue weighted by Crippen LogP contribution is -2.35. The molecule has 0 amide bonds. The van der Waals surface area contributed by atoms with Crippen molar-refractivity contribution in [3.05, 3.63) is 42.0 Å². The van der Waals surface area contributed by atoms with Gasteiger partial charge in [0.2, 0.25) is 0 Å². The number of rotatable bonds is 2. The summed E-state index contributed by atoms with van der Waals surface area (Å²) in [4.78, 5) is 10.7. The molecule has 0 fully saturated rings. The fourth-order valence-corrected chi connectivity index (χ4v) is 1.31. The second-order valence-corrected chi connectivity index (χ2v) is 3.10. The first-order valence-electron chi connectivity index (χ1n) is 3.95. The van der Waals surface area contributed by atoms with E-state index in [0.29, 0.717) is 5.57 Å². The molecule has 2 rings (SSSR count). The van der Waals surface area contributed by atoms with Crippen molar-refractivity contribution in [2.45, 2.75) is 5.54 Å². The van der Waals surface area contributed by atoms with Gasteiger partial charge in [0.05, 0.1) is 0 Å². The fraction of sp³-hybridized carbons (Fsp3) is 0.100. The Bertz CT molecular complexity index is 383. The summed E-state index contributed by atoms with van der Waals surface area (Å²) in [6.45, 7) is 0. The van der Waals surface area contributed by atoms with E-state index in [1.54, 1.807) is 6.08 Å².